The Bertz CT molecular complexity index is 346. The molecule has 0 spiro atoms. The van der Waals surface area contributed by atoms with E-state index in [2.05, 4.69) is 10.3 Å². The van der Waals surface area contributed by atoms with E-state index in [1.54, 1.807) is 0 Å². The van der Waals surface area contributed by atoms with Gasteiger partial charge in [-0.25, -0.2) is 4.98 Å². The number of hydrogen-bond acceptors (Lipinski definition) is 4. The maximum Gasteiger partial charge on any atom is 0.244 e. The van der Waals surface area contributed by atoms with Gasteiger partial charge in [-0.2, -0.15) is 4.39 Å². The molecule has 0 aliphatic rings. The molecule has 0 fully saturated rings. The maximum absolute atomic E-state index is 12.6. The summed E-state index contributed by atoms with van der Waals surface area (Å²) in [4.78, 5) is 14.8. The smallest absolute Gasteiger partial charge is 0.244 e. The summed E-state index contributed by atoms with van der Waals surface area (Å²) in [6.07, 6.45) is 0. The van der Waals surface area contributed by atoms with Crippen LogP contribution in [0.5, 0.6) is 0 Å². The number of aromatic nitrogens is 1. The zero-order valence-corrected chi connectivity index (χ0v) is 8.24. The predicted octanol–water partition coefficient (Wildman–Crippen LogP) is 0.133. The van der Waals surface area contributed by atoms with Gasteiger partial charge >= 0.3 is 0 Å². The third-order valence-electron chi connectivity index (χ3n) is 1.65. The van der Waals surface area contributed by atoms with E-state index in [9.17, 15) is 9.18 Å². The van der Waals surface area contributed by atoms with Crippen molar-refractivity contribution in [3.8, 4) is 0 Å². The molecular weight excluding hydrogens is 201 g/mol. The van der Waals surface area contributed by atoms with Crippen LogP contribution in [0.4, 0.5) is 10.2 Å². The Labute approximate surface area is 86.4 Å². The number of nitrogens with one attached hydrogen (secondary N) is 1. The summed E-state index contributed by atoms with van der Waals surface area (Å²) in [6, 6.07) is 3.31. The minimum Gasteiger partial charge on any atom is -0.383 e. The second-order valence-electron chi connectivity index (χ2n) is 2.90. The molecule has 0 aliphatic heterocycles. The summed E-state index contributed by atoms with van der Waals surface area (Å²) in [7, 11) is 1.44. The summed E-state index contributed by atoms with van der Waals surface area (Å²) in [6.45, 7) is 0.0984. The standard InChI is InChI=1S/C9H12FN3O2/c1-15-5-6(11)9(14)13-8-4-2-3-7(10)12-8/h2-4,6H,5,11H2,1H3,(H,12,13,14). The van der Waals surface area contributed by atoms with Gasteiger partial charge in [0.1, 0.15) is 11.9 Å². The van der Waals surface area contributed by atoms with E-state index < -0.39 is 17.9 Å². The number of ether oxygens (including phenoxy) is 1. The maximum atomic E-state index is 12.6. The van der Waals surface area contributed by atoms with Crippen LogP contribution >= 0.6 is 0 Å². The lowest BCUT2D eigenvalue weighted by atomic mass is 10.3. The molecule has 1 atom stereocenters. The highest BCUT2D eigenvalue weighted by Crippen LogP contribution is 2.03. The normalized spacial score (nSPS) is 12.2. The Morgan fingerprint density at radius 1 is 1.73 bits per heavy atom. The van der Waals surface area contributed by atoms with Crippen molar-refractivity contribution < 1.29 is 13.9 Å². The molecule has 0 aromatic carbocycles. The molecule has 1 heterocycles. The van der Waals surface area contributed by atoms with Crippen LogP contribution in [0.3, 0.4) is 0 Å². The summed E-state index contributed by atoms with van der Waals surface area (Å²) in [5.74, 6) is -0.991. The highest BCUT2D eigenvalue weighted by Gasteiger charge is 2.13. The zero-order chi connectivity index (χ0) is 11.3. The largest absolute Gasteiger partial charge is 0.383 e. The first-order valence-corrected chi connectivity index (χ1v) is 4.31. The highest BCUT2D eigenvalue weighted by molar-refractivity contribution is 5.93. The topological polar surface area (TPSA) is 77.2 Å². The van der Waals surface area contributed by atoms with E-state index in [0.29, 0.717) is 0 Å². The van der Waals surface area contributed by atoms with Gasteiger partial charge in [-0.15, -0.1) is 0 Å². The number of rotatable bonds is 4. The number of halogens is 1. The van der Waals surface area contributed by atoms with Crippen LogP contribution in [0, 0.1) is 5.95 Å². The predicted molar refractivity (Wildman–Crippen MR) is 52.7 cm³/mol. The van der Waals surface area contributed by atoms with Gasteiger partial charge in [-0.3, -0.25) is 4.79 Å². The highest BCUT2D eigenvalue weighted by atomic mass is 19.1. The van der Waals surface area contributed by atoms with Crippen LogP contribution < -0.4 is 11.1 Å². The Morgan fingerprint density at radius 3 is 3.07 bits per heavy atom. The van der Waals surface area contributed by atoms with Gasteiger partial charge in [-0.05, 0) is 12.1 Å². The van der Waals surface area contributed by atoms with Gasteiger partial charge in [0.05, 0.1) is 6.61 Å². The van der Waals surface area contributed by atoms with Crippen molar-refractivity contribution in [2.24, 2.45) is 5.73 Å². The van der Waals surface area contributed by atoms with Crippen LogP contribution in [0.25, 0.3) is 0 Å². The van der Waals surface area contributed by atoms with Crippen molar-refractivity contribution in [1.29, 1.82) is 0 Å². The van der Waals surface area contributed by atoms with Gasteiger partial charge in [0.15, 0.2) is 0 Å². The molecule has 6 heteroatoms. The number of carbonyl (C=O) groups is 1. The summed E-state index contributed by atoms with van der Waals surface area (Å²) < 4.78 is 17.4. The van der Waals surface area contributed by atoms with Crippen molar-refractivity contribution in [2.75, 3.05) is 19.0 Å². The van der Waals surface area contributed by atoms with Gasteiger partial charge in [0.25, 0.3) is 0 Å². The van der Waals surface area contributed by atoms with E-state index in [1.165, 1.54) is 25.3 Å². The lowest BCUT2D eigenvalue weighted by molar-refractivity contribution is -0.118. The second-order valence-corrected chi connectivity index (χ2v) is 2.90. The first-order chi connectivity index (χ1) is 7.13. The number of carbonyl (C=O) groups excluding carboxylic acids is 1. The van der Waals surface area contributed by atoms with Crippen molar-refractivity contribution >= 4 is 11.7 Å². The quantitative estimate of drug-likeness (QED) is 0.697. The van der Waals surface area contributed by atoms with Crippen LogP contribution in [0.1, 0.15) is 0 Å². The van der Waals surface area contributed by atoms with E-state index in [4.69, 9.17) is 10.5 Å². The third-order valence-corrected chi connectivity index (χ3v) is 1.65. The third kappa shape index (κ3) is 3.61. The molecule has 5 nitrogen and oxygen atoms in total. The number of methoxy groups -OCH3 is 1. The average Bonchev–Trinajstić information content (AvgIpc) is 2.18. The molecule has 1 rings (SSSR count). The Morgan fingerprint density at radius 2 is 2.47 bits per heavy atom. The Balaban J connectivity index is 2.58. The number of anilines is 1. The lowest BCUT2D eigenvalue weighted by Crippen LogP contribution is -2.39. The fraction of sp³-hybridized carbons (Fsp3) is 0.333. The molecule has 0 aliphatic carbocycles. The molecule has 1 aromatic rings. The summed E-state index contributed by atoms with van der Waals surface area (Å²) in [5.41, 5.74) is 5.46. The Kier molecular flexibility index (Phi) is 4.14. The van der Waals surface area contributed by atoms with E-state index in [-0.39, 0.29) is 12.4 Å². The van der Waals surface area contributed by atoms with E-state index in [1.807, 2.05) is 0 Å². The lowest BCUT2D eigenvalue weighted by Gasteiger charge is -2.10. The molecule has 0 saturated carbocycles. The number of pyridine rings is 1. The molecule has 0 bridgehead atoms. The summed E-state index contributed by atoms with van der Waals surface area (Å²) >= 11 is 0. The van der Waals surface area contributed by atoms with Crippen molar-refractivity contribution in [2.45, 2.75) is 6.04 Å². The SMILES string of the molecule is COCC(N)C(=O)Nc1cccc(F)n1. The first kappa shape index (κ1) is 11.5. The number of hydrogen-bond donors (Lipinski definition) is 2. The molecule has 1 aromatic heterocycles. The van der Waals surface area contributed by atoms with Crippen molar-refractivity contribution in [3.05, 3.63) is 24.1 Å². The van der Waals surface area contributed by atoms with Gasteiger partial charge in [-0.1, -0.05) is 6.07 Å². The molecule has 1 unspecified atom stereocenters. The van der Waals surface area contributed by atoms with Gasteiger partial charge in [0, 0.05) is 7.11 Å². The van der Waals surface area contributed by atoms with Crippen LogP contribution in [0.15, 0.2) is 18.2 Å². The fourth-order valence-corrected chi connectivity index (χ4v) is 0.952. The first-order valence-electron chi connectivity index (χ1n) is 4.31. The van der Waals surface area contributed by atoms with Crippen LogP contribution in [0.2, 0.25) is 0 Å². The number of amides is 1. The van der Waals surface area contributed by atoms with Crippen molar-refractivity contribution in [3.63, 3.8) is 0 Å². The van der Waals surface area contributed by atoms with E-state index >= 15 is 0 Å². The van der Waals surface area contributed by atoms with Crippen LogP contribution in [-0.2, 0) is 9.53 Å². The molecular formula is C9H12FN3O2. The van der Waals surface area contributed by atoms with Gasteiger partial charge in [0.2, 0.25) is 11.9 Å². The summed E-state index contributed by atoms with van der Waals surface area (Å²) in [5, 5.41) is 2.37. The number of nitrogens with zero attached hydrogens (tertiary/aromatic N) is 1. The van der Waals surface area contributed by atoms with Crippen LogP contribution in [-0.4, -0.2) is 30.6 Å². The van der Waals surface area contributed by atoms with Gasteiger partial charge < -0.3 is 15.8 Å². The zero-order valence-electron chi connectivity index (χ0n) is 8.24. The molecule has 15 heavy (non-hydrogen) atoms. The van der Waals surface area contributed by atoms with E-state index in [0.717, 1.165) is 0 Å². The minimum atomic E-state index is -0.792. The molecule has 82 valence electrons. The molecule has 1 amide bonds. The monoisotopic (exact) mass is 213 g/mol. The second kappa shape index (κ2) is 5.38. The molecule has 0 saturated heterocycles. The Hall–Kier alpha value is -1.53. The number of nitrogens with two attached hydrogens (primary N) is 1. The minimum absolute atomic E-state index is 0.0984. The molecule has 0 radical (unpaired) electrons. The fourth-order valence-electron chi connectivity index (χ4n) is 0.952. The average molecular weight is 213 g/mol. The van der Waals surface area contributed by atoms with Crippen molar-refractivity contribution in [1.82, 2.24) is 4.98 Å². The molecule has 3 N–H and O–H groups in total.